The Morgan fingerprint density at radius 1 is 1.13 bits per heavy atom. The predicted octanol–water partition coefficient (Wildman–Crippen LogP) is 4.33. The van der Waals surface area contributed by atoms with Crippen molar-refractivity contribution in [1.29, 1.82) is 0 Å². The van der Waals surface area contributed by atoms with Crippen molar-refractivity contribution in [3.05, 3.63) is 36.5 Å². The zero-order chi connectivity index (χ0) is 10.5. The summed E-state index contributed by atoms with van der Waals surface area (Å²) in [5.74, 6) is 1.21. The minimum atomic E-state index is 1.21. The molecular weight excluding hydrogens is 202 g/mol. The largest absolute Gasteiger partial charge is 0.291 e. The summed E-state index contributed by atoms with van der Waals surface area (Å²) in [6, 6.07) is 10.7. The van der Waals surface area contributed by atoms with Crippen molar-refractivity contribution >= 4 is 22.9 Å². The van der Waals surface area contributed by atoms with Crippen LogP contribution in [0.5, 0.6) is 0 Å². The first-order valence-electron chi connectivity index (χ1n) is 5.61. The van der Waals surface area contributed by atoms with E-state index in [-0.39, 0.29) is 0 Å². The first-order valence-corrected chi connectivity index (χ1v) is 6.55. The second kappa shape index (κ2) is 5.26. The smallest absolute Gasteiger partial charge is 0.0591 e. The molecule has 1 aromatic carbocycles. The third-order valence-electron chi connectivity index (χ3n) is 2.54. The topological polar surface area (TPSA) is 4.93 Å². The Kier molecular flexibility index (Phi) is 3.73. The molecule has 0 atom stereocenters. The normalized spacial score (nSPS) is 11.0. The second-order valence-corrected chi connectivity index (χ2v) is 4.80. The van der Waals surface area contributed by atoms with E-state index >= 15 is 0 Å². The molecule has 0 spiro atoms. The lowest BCUT2D eigenvalue weighted by Crippen LogP contribution is -1.87. The fraction of sp³-hybridized carbons (Fsp3) is 0.385. The third-order valence-corrected chi connectivity index (χ3v) is 3.61. The van der Waals surface area contributed by atoms with E-state index in [1.807, 2.05) is 11.9 Å². The van der Waals surface area contributed by atoms with Crippen LogP contribution in [0.15, 0.2) is 36.5 Å². The molecule has 0 aliphatic carbocycles. The van der Waals surface area contributed by atoms with Crippen molar-refractivity contribution in [1.82, 2.24) is 3.97 Å². The Morgan fingerprint density at radius 2 is 2.00 bits per heavy atom. The fourth-order valence-corrected chi connectivity index (χ4v) is 2.67. The van der Waals surface area contributed by atoms with Gasteiger partial charge in [0.05, 0.1) is 5.52 Å². The van der Waals surface area contributed by atoms with Gasteiger partial charge in [-0.1, -0.05) is 38.0 Å². The molecule has 2 rings (SSSR count). The molecule has 0 radical (unpaired) electrons. The molecule has 0 saturated heterocycles. The Hall–Kier alpha value is -0.890. The van der Waals surface area contributed by atoms with Crippen LogP contribution in [0.2, 0.25) is 0 Å². The van der Waals surface area contributed by atoms with Gasteiger partial charge in [0, 0.05) is 17.3 Å². The van der Waals surface area contributed by atoms with Gasteiger partial charge >= 0.3 is 0 Å². The number of nitrogens with zero attached hydrogens (tertiary/aromatic N) is 1. The van der Waals surface area contributed by atoms with Crippen molar-refractivity contribution in [2.24, 2.45) is 0 Å². The number of rotatable bonds is 5. The highest BCUT2D eigenvalue weighted by Crippen LogP contribution is 2.21. The molecule has 0 unspecified atom stereocenters. The van der Waals surface area contributed by atoms with Gasteiger partial charge in [0.25, 0.3) is 0 Å². The first-order chi connectivity index (χ1) is 7.42. The summed E-state index contributed by atoms with van der Waals surface area (Å²) >= 11 is 1.91. The van der Waals surface area contributed by atoms with E-state index in [0.717, 1.165) is 0 Å². The van der Waals surface area contributed by atoms with E-state index in [9.17, 15) is 0 Å². The molecule has 0 bridgehead atoms. The van der Waals surface area contributed by atoms with Gasteiger partial charge in [0.15, 0.2) is 0 Å². The molecule has 1 heterocycles. The fourth-order valence-electron chi connectivity index (χ4n) is 1.69. The molecule has 2 heteroatoms. The Balaban J connectivity index is 2.02. The van der Waals surface area contributed by atoms with E-state index in [1.54, 1.807) is 0 Å². The summed E-state index contributed by atoms with van der Waals surface area (Å²) in [6.45, 7) is 2.25. The van der Waals surface area contributed by atoms with Gasteiger partial charge in [-0.25, -0.2) is 0 Å². The minimum Gasteiger partial charge on any atom is -0.291 e. The van der Waals surface area contributed by atoms with Gasteiger partial charge in [-0.15, -0.1) is 0 Å². The summed E-state index contributed by atoms with van der Waals surface area (Å²) < 4.78 is 2.28. The summed E-state index contributed by atoms with van der Waals surface area (Å²) in [7, 11) is 0. The van der Waals surface area contributed by atoms with Crippen molar-refractivity contribution < 1.29 is 0 Å². The molecular formula is C13H17NS. The zero-order valence-electron chi connectivity index (χ0n) is 9.15. The highest BCUT2D eigenvalue weighted by Gasteiger charge is 1.99. The van der Waals surface area contributed by atoms with Crippen LogP contribution >= 0.6 is 11.9 Å². The van der Waals surface area contributed by atoms with Crippen molar-refractivity contribution in [3.8, 4) is 0 Å². The molecule has 2 aromatic rings. The second-order valence-electron chi connectivity index (χ2n) is 3.74. The van der Waals surface area contributed by atoms with Gasteiger partial charge in [0.1, 0.15) is 0 Å². The van der Waals surface area contributed by atoms with E-state index < -0.39 is 0 Å². The average molecular weight is 219 g/mol. The summed E-state index contributed by atoms with van der Waals surface area (Å²) in [4.78, 5) is 0. The van der Waals surface area contributed by atoms with Crippen LogP contribution in [0.1, 0.15) is 26.2 Å². The van der Waals surface area contributed by atoms with Crippen molar-refractivity contribution in [2.45, 2.75) is 26.2 Å². The zero-order valence-corrected chi connectivity index (χ0v) is 9.96. The number of hydrogen-bond acceptors (Lipinski definition) is 1. The van der Waals surface area contributed by atoms with Crippen LogP contribution in [-0.2, 0) is 0 Å². The molecule has 0 amide bonds. The van der Waals surface area contributed by atoms with Gasteiger partial charge in [0.2, 0.25) is 0 Å². The molecule has 0 aliphatic rings. The Morgan fingerprint density at radius 3 is 2.87 bits per heavy atom. The van der Waals surface area contributed by atoms with E-state index in [2.05, 4.69) is 47.4 Å². The van der Waals surface area contributed by atoms with Gasteiger partial charge in [-0.3, -0.25) is 3.97 Å². The van der Waals surface area contributed by atoms with Crippen LogP contribution in [0.4, 0.5) is 0 Å². The summed E-state index contributed by atoms with van der Waals surface area (Å²) in [5.41, 5.74) is 1.33. The van der Waals surface area contributed by atoms with E-state index in [4.69, 9.17) is 0 Å². The molecule has 1 nitrogen and oxygen atoms in total. The SMILES string of the molecule is CCCCCSn1ccc2ccccc21. The maximum atomic E-state index is 2.28. The molecule has 0 N–H and O–H groups in total. The lowest BCUT2D eigenvalue weighted by molar-refractivity contribution is 0.778. The molecule has 1 aromatic heterocycles. The predicted molar refractivity (Wildman–Crippen MR) is 69.3 cm³/mol. The maximum absolute atomic E-state index is 2.28. The highest BCUT2D eigenvalue weighted by atomic mass is 32.2. The molecule has 80 valence electrons. The average Bonchev–Trinajstić information content (AvgIpc) is 2.68. The van der Waals surface area contributed by atoms with Crippen LogP contribution in [0, 0.1) is 0 Å². The van der Waals surface area contributed by atoms with Crippen LogP contribution < -0.4 is 0 Å². The maximum Gasteiger partial charge on any atom is 0.0591 e. The standard InChI is InChI=1S/C13H17NS/c1-2-3-6-11-15-14-10-9-12-7-4-5-8-13(12)14/h4-5,7-10H,2-3,6,11H2,1H3. The molecule has 0 aliphatic heterocycles. The van der Waals surface area contributed by atoms with Gasteiger partial charge < -0.3 is 0 Å². The van der Waals surface area contributed by atoms with Crippen LogP contribution in [0.3, 0.4) is 0 Å². The first kappa shape index (κ1) is 10.6. The Labute approximate surface area is 95.6 Å². The van der Waals surface area contributed by atoms with E-state index in [0.29, 0.717) is 0 Å². The highest BCUT2D eigenvalue weighted by molar-refractivity contribution is 7.97. The number of unbranched alkanes of at least 4 members (excludes halogenated alkanes) is 2. The third kappa shape index (κ3) is 2.57. The number of benzene rings is 1. The summed E-state index contributed by atoms with van der Waals surface area (Å²) in [5, 5.41) is 1.33. The quantitative estimate of drug-likeness (QED) is 0.678. The molecule has 0 fully saturated rings. The van der Waals surface area contributed by atoms with E-state index in [1.165, 1.54) is 35.9 Å². The molecule has 0 saturated carbocycles. The lowest BCUT2D eigenvalue weighted by Gasteiger charge is -2.03. The van der Waals surface area contributed by atoms with Gasteiger partial charge in [-0.05, 0) is 30.5 Å². The number of hydrogen-bond donors (Lipinski definition) is 0. The number of aromatic nitrogens is 1. The lowest BCUT2D eigenvalue weighted by atomic mass is 10.3. The van der Waals surface area contributed by atoms with Gasteiger partial charge in [-0.2, -0.15) is 0 Å². The van der Waals surface area contributed by atoms with Crippen molar-refractivity contribution in [2.75, 3.05) is 5.75 Å². The van der Waals surface area contributed by atoms with Crippen molar-refractivity contribution in [3.63, 3.8) is 0 Å². The Bertz CT molecular complexity index is 419. The molecule has 15 heavy (non-hydrogen) atoms. The number of fused-ring (bicyclic) bond motifs is 1. The van der Waals surface area contributed by atoms with Crippen LogP contribution in [-0.4, -0.2) is 9.73 Å². The number of para-hydroxylation sites is 1. The monoisotopic (exact) mass is 219 g/mol. The minimum absolute atomic E-state index is 1.21. The summed E-state index contributed by atoms with van der Waals surface area (Å²) in [6.07, 6.45) is 6.12. The van der Waals surface area contributed by atoms with Crippen LogP contribution in [0.25, 0.3) is 10.9 Å².